The molecule has 1 aliphatic rings. The van der Waals surface area contributed by atoms with Gasteiger partial charge in [0, 0.05) is 26.3 Å². The molecule has 1 aromatic carbocycles. The van der Waals surface area contributed by atoms with Crippen molar-refractivity contribution < 1.29 is 56.3 Å². The monoisotopic (exact) mass is 713 g/mol. The van der Waals surface area contributed by atoms with Crippen molar-refractivity contribution >= 4 is 53.2 Å². The Morgan fingerprint density at radius 2 is 1.40 bits per heavy atom. The Labute approximate surface area is 283 Å². The van der Waals surface area contributed by atoms with Gasteiger partial charge >= 0.3 is 0 Å². The van der Waals surface area contributed by atoms with Crippen LogP contribution in [0.4, 0.5) is 13.2 Å². The second-order valence-corrected chi connectivity index (χ2v) is 11.0. The van der Waals surface area contributed by atoms with Crippen molar-refractivity contribution in [1.29, 1.82) is 0 Å². The number of carbonyl (C=O) groups is 9. The van der Waals surface area contributed by atoms with Gasteiger partial charge in [0.1, 0.15) is 18.1 Å². The number of primary amides is 1. The summed E-state index contributed by atoms with van der Waals surface area (Å²) in [6.45, 7) is -1.53. The molecular weight excluding hydrogens is 675 g/mol. The summed E-state index contributed by atoms with van der Waals surface area (Å²) >= 11 is 0. The third-order valence-corrected chi connectivity index (χ3v) is 6.91. The van der Waals surface area contributed by atoms with Crippen LogP contribution in [0.2, 0.25) is 0 Å². The molecule has 0 saturated carbocycles. The first-order valence-corrected chi connectivity index (χ1v) is 15.2. The number of benzene rings is 1. The van der Waals surface area contributed by atoms with Gasteiger partial charge in [0.05, 0.1) is 26.2 Å². The van der Waals surface area contributed by atoms with Crippen molar-refractivity contribution in [2.24, 2.45) is 5.73 Å². The van der Waals surface area contributed by atoms with Crippen LogP contribution in [0.1, 0.15) is 38.2 Å². The fourth-order valence-electron chi connectivity index (χ4n) is 4.39. The summed E-state index contributed by atoms with van der Waals surface area (Å²) in [4.78, 5) is 111. The topological polar surface area (TPSA) is 276 Å². The van der Waals surface area contributed by atoms with Crippen molar-refractivity contribution in [2.45, 2.75) is 57.2 Å². The first kappa shape index (κ1) is 40.4. The number of nitrogens with two attached hydrogens (primary N) is 1. The predicted octanol–water partition coefficient (Wildman–Crippen LogP) is -4.24. The van der Waals surface area contributed by atoms with E-state index in [4.69, 9.17) is 5.73 Å². The normalized spacial score (nSPS) is 20.8. The maximum Gasteiger partial charge on any atom is 0.243 e. The van der Waals surface area contributed by atoms with E-state index in [0.29, 0.717) is 12.1 Å². The number of hydrogen-bond donors (Lipinski definition) is 9. The lowest BCUT2D eigenvalue weighted by molar-refractivity contribution is -0.132. The van der Waals surface area contributed by atoms with E-state index in [2.05, 4.69) is 42.5 Å². The molecule has 18 nitrogen and oxygen atoms in total. The summed E-state index contributed by atoms with van der Waals surface area (Å²) in [5, 5.41) is 18.3. The maximum atomic E-state index is 13.9. The molecule has 21 heteroatoms. The highest BCUT2D eigenvalue weighted by molar-refractivity contribution is 5.95. The van der Waals surface area contributed by atoms with E-state index in [1.54, 1.807) is 0 Å². The Morgan fingerprint density at radius 1 is 0.800 bits per heavy atom. The number of rotatable bonds is 6. The van der Waals surface area contributed by atoms with Gasteiger partial charge in [-0.15, -0.1) is 0 Å². The van der Waals surface area contributed by atoms with E-state index in [9.17, 15) is 56.3 Å². The van der Waals surface area contributed by atoms with E-state index >= 15 is 0 Å². The van der Waals surface area contributed by atoms with Crippen molar-refractivity contribution in [3.63, 3.8) is 0 Å². The predicted molar refractivity (Wildman–Crippen MR) is 164 cm³/mol. The van der Waals surface area contributed by atoms with Crippen LogP contribution in [0.15, 0.2) is 12.1 Å². The van der Waals surface area contributed by atoms with Crippen molar-refractivity contribution in [3.8, 4) is 0 Å². The van der Waals surface area contributed by atoms with E-state index in [0.717, 1.165) is 6.92 Å². The van der Waals surface area contributed by atoms with Gasteiger partial charge in [-0.25, -0.2) is 13.2 Å². The minimum Gasteiger partial charge on any atom is -0.368 e. The van der Waals surface area contributed by atoms with Crippen LogP contribution >= 0.6 is 0 Å². The molecule has 274 valence electrons. The number of halogens is 3. The number of amides is 9. The zero-order valence-electron chi connectivity index (χ0n) is 26.8. The molecule has 0 spiro atoms. The number of carbonyl (C=O) groups excluding carboxylic acids is 9. The third-order valence-electron chi connectivity index (χ3n) is 6.91. The molecule has 0 aromatic heterocycles. The quantitative estimate of drug-likeness (QED) is 0.129. The van der Waals surface area contributed by atoms with Gasteiger partial charge < -0.3 is 48.3 Å². The second kappa shape index (κ2) is 19.9. The second-order valence-electron chi connectivity index (χ2n) is 11.0. The SMILES string of the molecule is CC(=O)NCC(=O)NC1CCC(=O)NCCCC(C(N)=O)NC(=O)CNC(=O)CNC(=O)C(Cc2cc(F)c(F)c(F)c2)NC(=O)CNC1=O. The van der Waals surface area contributed by atoms with Crippen molar-refractivity contribution in [3.05, 3.63) is 35.1 Å². The summed E-state index contributed by atoms with van der Waals surface area (Å²) in [6.07, 6.45) is -1.04. The standard InChI is InChI=1S/C29H38F3N9O9/c1-14(42)35-11-23(45)40-19-4-5-21(43)34-6-2-3-18(27(33)48)39-24(46)12-36-22(44)10-37-29(50)20(41-25(47)13-38-28(19)49)9-15-7-16(30)26(32)17(31)8-15/h7-8,18-20H,2-6,9-13H2,1H3,(H2,33,48)(H,34,43)(H,35,42)(H,36,44)(H,37,50)(H,38,49)(H,39,46)(H,40,45)(H,41,47). The molecule has 0 bridgehead atoms. The zero-order valence-corrected chi connectivity index (χ0v) is 26.8. The molecule has 3 unspecified atom stereocenters. The van der Waals surface area contributed by atoms with Gasteiger partial charge in [-0.05, 0) is 37.0 Å². The van der Waals surface area contributed by atoms with Gasteiger partial charge in [0.15, 0.2) is 17.5 Å². The first-order chi connectivity index (χ1) is 23.5. The van der Waals surface area contributed by atoms with Crippen LogP contribution in [-0.4, -0.2) is 104 Å². The average Bonchev–Trinajstić information content (AvgIpc) is 3.05. The van der Waals surface area contributed by atoms with Crippen molar-refractivity contribution in [1.82, 2.24) is 42.5 Å². The number of hydrogen-bond acceptors (Lipinski definition) is 9. The molecule has 10 N–H and O–H groups in total. The fourth-order valence-corrected chi connectivity index (χ4v) is 4.39. The fraction of sp³-hybridized carbons (Fsp3) is 0.483. The zero-order chi connectivity index (χ0) is 37.4. The van der Waals surface area contributed by atoms with Gasteiger partial charge in [-0.2, -0.15) is 0 Å². The Morgan fingerprint density at radius 3 is 2.04 bits per heavy atom. The summed E-state index contributed by atoms with van der Waals surface area (Å²) in [7, 11) is 0. The summed E-state index contributed by atoms with van der Waals surface area (Å²) in [6, 6.07) is -3.05. The molecule has 1 heterocycles. The third kappa shape index (κ3) is 14.6. The van der Waals surface area contributed by atoms with Crippen molar-refractivity contribution in [2.75, 3.05) is 32.7 Å². The lowest BCUT2D eigenvalue weighted by atomic mass is 10.0. The average molecular weight is 714 g/mol. The van der Waals surface area contributed by atoms with E-state index < -0.39 is 121 Å². The molecule has 50 heavy (non-hydrogen) atoms. The van der Waals surface area contributed by atoms with Crippen LogP contribution in [0.25, 0.3) is 0 Å². The molecule has 2 rings (SSSR count). The Balaban J connectivity index is 2.29. The molecule has 3 atom stereocenters. The minimum absolute atomic E-state index is 0.000133. The van der Waals surface area contributed by atoms with Gasteiger partial charge in [-0.3, -0.25) is 43.2 Å². The van der Waals surface area contributed by atoms with E-state index in [1.807, 2.05) is 0 Å². The van der Waals surface area contributed by atoms with Crippen LogP contribution in [0.5, 0.6) is 0 Å². The van der Waals surface area contributed by atoms with Gasteiger partial charge in [0.2, 0.25) is 53.2 Å². The van der Waals surface area contributed by atoms with E-state index in [1.165, 1.54) is 0 Å². The summed E-state index contributed by atoms with van der Waals surface area (Å²) in [5.41, 5.74) is 5.07. The highest BCUT2D eigenvalue weighted by Gasteiger charge is 2.26. The largest absolute Gasteiger partial charge is 0.368 e. The van der Waals surface area contributed by atoms with Crippen LogP contribution in [-0.2, 0) is 49.6 Å². The smallest absolute Gasteiger partial charge is 0.243 e. The molecular formula is C29H38F3N9O9. The Bertz CT molecular complexity index is 1470. The summed E-state index contributed by atoms with van der Waals surface area (Å²) in [5.74, 6) is -12.5. The molecule has 1 aliphatic heterocycles. The number of nitrogens with one attached hydrogen (secondary N) is 8. The van der Waals surface area contributed by atoms with Crippen LogP contribution in [0.3, 0.4) is 0 Å². The first-order valence-electron chi connectivity index (χ1n) is 15.2. The molecule has 9 amide bonds. The highest BCUT2D eigenvalue weighted by Crippen LogP contribution is 2.15. The molecule has 1 saturated heterocycles. The Kier molecular flexibility index (Phi) is 16.1. The van der Waals surface area contributed by atoms with Crippen LogP contribution in [0, 0.1) is 17.5 Å². The maximum absolute atomic E-state index is 13.9. The lowest BCUT2D eigenvalue weighted by Crippen LogP contribution is -2.54. The Hall–Kier alpha value is -5.76. The summed E-state index contributed by atoms with van der Waals surface area (Å²) < 4.78 is 41.2. The van der Waals surface area contributed by atoms with Gasteiger partial charge in [0.25, 0.3) is 0 Å². The van der Waals surface area contributed by atoms with Gasteiger partial charge in [-0.1, -0.05) is 0 Å². The minimum atomic E-state index is -1.78. The molecule has 1 fully saturated rings. The lowest BCUT2D eigenvalue weighted by Gasteiger charge is -2.21. The molecule has 0 aliphatic carbocycles. The highest BCUT2D eigenvalue weighted by atomic mass is 19.2. The molecule has 1 aromatic rings. The molecule has 0 radical (unpaired) electrons. The van der Waals surface area contributed by atoms with E-state index in [-0.39, 0.29) is 37.8 Å². The van der Waals surface area contributed by atoms with Crippen LogP contribution < -0.4 is 48.3 Å².